The molecule has 7 atom stereocenters. The summed E-state index contributed by atoms with van der Waals surface area (Å²) in [6.07, 6.45) is 8.08. The van der Waals surface area contributed by atoms with Crippen LogP contribution in [0.5, 0.6) is 0 Å². The third kappa shape index (κ3) is 3.22. The van der Waals surface area contributed by atoms with Crippen molar-refractivity contribution in [1.82, 2.24) is 10.6 Å². The molecule has 1 amide bonds. The molecule has 3 saturated carbocycles. The SMILES string of the molecule is CC[C@@]12CCC3C(C(=O)N[C@@H]4CCNC[C@H]4F)CC(C1)C[C@@]3(c1ccccc1)C2. The van der Waals surface area contributed by atoms with Gasteiger partial charge in [-0.15, -0.1) is 0 Å². The summed E-state index contributed by atoms with van der Waals surface area (Å²) in [5, 5.41) is 6.24. The van der Waals surface area contributed by atoms with Crippen molar-refractivity contribution < 1.29 is 9.18 Å². The van der Waals surface area contributed by atoms with E-state index in [0.717, 1.165) is 19.4 Å². The zero-order valence-corrected chi connectivity index (χ0v) is 17.6. The number of rotatable bonds is 4. The summed E-state index contributed by atoms with van der Waals surface area (Å²) < 4.78 is 14.4. The molecule has 3 unspecified atom stereocenters. The average molecular weight is 399 g/mol. The molecule has 0 radical (unpaired) electrons. The molecule has 3 bridgehead atoms. The summed E-state index contributed by atoms with van der Waals surface area (Å²) in [7, 11) is 0. The first-order valence-corrected chi connectivity index (χ1v) is 11.8. The minimum Gasteiger partial charge on any atom is -0.350 e. The molecule has 1 saturated heterocycles. The van der Waals surface area contributed by atoms with Crippen molar-refractivity contribution in [2.45, 2.75) is 75.9 Å². The Kier molecular flexibility index (Phi) is 4.97. The summed E-state index contributed by atoms with van der Waals surface area (Å²) >= 11 is 0. The Morgan fingerprint density at radius 1 is 1.24 bits per heavy atom. The summed E-state index contributed by atoms with van der Waals surface area (Å²) in [6.45, 7) is 3.51. The second-order valence-electron chi connectivity index (χ2n) is 10.4. The molecular weight excluding hydrogens is 363 g/mol. The van der Waals surface area contributed by atoms with Gasteiger partial charge in [0.05, 0.1) is 6.04 Å². The number of hydrogen-bond donors (Lipinski definition) is 2. The molecule has 4 heteroatoms. The van der Waals surface area contributed by atoms with Crippen LogP contribution in [0.15, 0.2) is 30.3 Å². The lowest BCUT2D eigenvalue weighted by atomic mass is 9.40. The number of nitrogens with one attached hydrogen (secondary N) is 2. The highest BCUT2D eigenvalue weighted by Crippen LogP contribution is 2.67. The molecule has 29 heavy (non-hydrogen) atoms. The van der Waals surface area contributed by atoms with Crippen LogP contribution in [0.1, 0.15) is 63.9 Å². The first-order chi connectivity index (χ1) is 14.1. The van der Waals surface area contributed by atoms with Crippen LogP contribution in [0.3, 0.4) is 0 Å². The molecular formula is C25H35FN2O. The van der Waals surface area contributed by atoms with E-state index in [4.69, 9.17) is 0 Å². The molecule has 1 aromatic rings. The van der Waals surface area contributed by atoms with Gasteiger partial charge in [0.1, 0.15) is 6.17 Å². The van der Waals surface area contributed by atoms with Crippen LogP contribution in [-0.2, 0) is 10.2 Å². The van der Waals surface area contributed by atoms with E-state index in [0.29, 0.717) is 30.2 Å². The van der Waals surface area contributed by atoms with Gasteiger partial charge in [-0.05, 0) is 79.7 Å². The van der Waals surface area contributed by atoms with E-state index in [1.807, 2.05) is 0 Å². The number of piperidine rings is 1. The standard InChI is InChI=1S/C25H35FN2O/c1-2-24-10-8-20-19(23(29)28-22-9-11-27-15-21(22)26)12-17(13-24)14-25(20,16-24)18-6-4-3-5-7-18/h3-7,17,19-22,27H,2,8-16H2,1H3,(H,28,29)/t17?,19?,20?,21-,22-,24-,25+/m1/s1. The van der Waals surface area contributed by atoms with Gasteiger partial charge in [0.2, 0.25) is 5.91 Å². The first kappa shape index (κ1) is 19.5. The van der Waals surface area contributed by atoms with Gasteiger partial charge < -0.3 is 10.6 Å². The van der Waals surface area contributed by atoms with Gasteiger partial charge >= 0.3 is 0 Å². The number of fused-ring (bicyclic) bond motifs is 2. The van der Waals surface area contributed by atoms with Gasteiger partial charge in [-0.25, -0.2) is 4.39 Å². The van der Waals surface area contributed by atoms with Crippen LogP contribution >= 0.6 is 0 Å². The second kappa shape index (κ2) is 7.37. The predicted octanol–water partition coefficient (Wildman–Crippen LogP) is 4.37. The Labute approximate surface area is 174 Å². The monoisotopic (exact) mass is 398 g/mol. The van der Waals surface area contributed by atoms with E-state index < -0.39 is 6.17 Å². The van der Waals surface area contributed by atoms with Gasteiger partial charge in [-0.2, -0.15) is 0 Å². The summed E-state index contributed by atoms with van der Waals surface area (Å²) in [5.41, 5.74) is 2.02. The number of carbonyl (C=O) groups excluding carboxylic acids is 1. The van der Waals surface area contributed by atoms with Crippen LogP contribution < -0.4 is 10.6 Å². The lowest BCUT2D eigenvalue weighted by Gasteiger charge is -2.63. The van der Waals surface area contributed by atoms with Crippen LogP contribution in [-0.4, -0.2) is 31.2 Å². The number of carbonyl (C=O) groups is 1. The van der Waals surface area contributed by atoms with Crippen molar-refractivity contribution in [3.05, 3.63) is 35.9 Å². The molecule has 1 aromatic carbocycles. The smallest absolute Gasteiger partial charge is 0.223 e. The Morgan fingerprint density at radius 2 is 2.07 bits per heavy atom. The van der Waals surface area contributed by atoms with Gasteiger partial charge in [0, 0.05) is 12.5 Å². The van der Waals surface area contributed by atoms with E-state index in [2.05, 4.69) is 47.9 Å². The lowest BCUT2D eigenvalue weighted by Crippen LogP contribution is -2.60. The largest absolute Gasteiger partial charge is 0.350 e. The topological polar surface area (TPSA) is 41.1 Å². The summed E-state index contributed by atoms with van der Waals surface area (Å²) in [6, 6.07) is 10.7. The first-order valence-electron chi connectivity index (χ1n) is 11.8. The Bertz CT molecular complexity index is 754. The molecule has 3 aliphatic carbocycles. The highest BCUT2D eigenvalue weighted by molar-refractivity contribution is 5.80. The highest BCUT2D eigenvalue weighted by atomic mass is 19.1. The minimum atomic E-state index is -0.974. The van der Waals surface area contributed by atoms with Crippen molar-refractivity contribution in [2.75, 3.05) is 13.1 Å². The number of halogens is 1. The molecule has 2 N–H and O–H groups in total. The fraction of sp³-hybridized carbons (Fsp3) is 0.720. The van der Waals surface area contributed by atoms with E-state index >= 15 is 0 Å². The van der Waals surface area contributed by atoms with Crippen molar-refractivity contribution in [3.63, 3.8) is 0 Å². The lowest BCUT2D eigenvalue weighted by molar-refractivity contribution is -0.142. The molecule has 0 spiro atoms. The van der Waals surface area contributed by atoms with E-state index in [1.165, 1.54) is 37.7 Å². The average Bonchev–Trinajstić information content (AvgIpc) is 2.74. The van der Waals surface area contributed by atoms with Crippen LogP contribution in [0.25, 0.3) is 0 Å². The number of hydrogen-bond acceptors (Lipinski definition) is 2. The number of benzene rings is 1. The molecule has 1 aliphatic heterocycles. The van der Waals surface area contributed by atoms with Crippen molar-refractivity contribution in [1.29, 1.82) is 0 Å². The number of alkyl halides is 1. The molecule has 158 valence electrons. The zero-order valence-electron chi connectivity index (χ0n) is 17.6. The molecule has 4 aliphatic rings. The van der Waals surface area contributed by atoms with Gasteiger partial charge in [-0.3, -0.25) is 4.79 Å². The fourth-order valence-corrected chi connectivity index (χ4v) is 7.71. The molecule has 3 nitrogen and oxygen atoms in total. The summed E-state index contributed by atoms with van der Waals surface area (Å²) in [4.78, 5) is 13.5. The molecule has 0 aromatic heterocycles. The van der Waals surface area contributed by atoms with Crippen LogP contribution in [0.4, 0.5) is 4.39 Å². The summed E-state index contributed by atoms with van der Waals surface area (Å²) in [5.74, 6) is 1.16. The van der Waals surface area contributed by atoms with E-state index in [9.17, 15) is 9.18 Å². The zero-order chi connectivity index (χ0) is 20.1. The van der Waals surface area contributed by atoms with Gasteiger partial charge in [-0.1, -0.05) is 43.7 Å². The number of amides is 1. The van der Waals surface area contributed by atoms with Crippen molar-refractivity contribution in [2.24, 2.45) is 23.2 Å². The second-order valence-corrected chi connectivity index (χ2v) is 10.4. The fourth-order valence-electron chi connectivity index (χ4n) is 7.71. The molecule has 1 heterocycles. The Hall–Kier alpha value is -1.42. The minimum absolute atomic E-state index is 0.0335. The van der Waals surface area contributed by atoms with Crippen molar-refractivity contribution >= 4 is 5.91 Å². The quantitative estimate of drug-likeness (QED) is 0.791. The third-order valence-corrected chi connectivity index (χ3v) is 9.00. The van der Waals surface area contributed by atoms with Crippen LogP contribution in [0.2, 0.25) is 0 Å². The predicted molar refractivity (Wildman–Crippen MR) is 113 cm³/mol. The van der Waals surface area contributed by atoms with Gasteiger partial charge in [0.25, 0.3) is 0 Å². The normalized spacial score (nSPS) is 43.7. The van der Waals surface area contributed by atoms with E-state index in [-0.39, 0.29) is 23.3 Å². The Morgan fingerprint density at radius 3 is 2.83 bits per heavy atom. The highest BCUT2D eigenvalue weighted by Gasteiger charge is 2.61. The molecule has 4 fully saturated rings. The maximum Gasteiger partial charge on any atom is 0.223 e. The molecule has 5 rings (SSSR count). The van der Waals surface area contributed by atoms with Crippen molar-refractivity contribution in [3.8, 4) is 0 Å². The van der Waals surface area contributed by atoms with Gasteiger partial charge in [0.15, 0.2) is 0 Å². The van der Waals surface area contributed by atoms with Crippen LogP contribution in [0, 0.1) is 23.2 Å². The Balaban J connectivity index is 1.46. The maximum absolute atomic E-state index is 14.4. The maximum atomic E-state index is 14.4. The van der Waals surface area contributed by atoms with E-state index in [1.54, 1.807) is 0 Å². The third-order valence-electron chi connectivity index (χ3n) is 9.00.